The number of phenols is 1. The van der Waals surface area contributed by atoms with Crippen LogP contribution in [0.3, 0.4) is 0 Å². The SMILES string of the molecule is C.CC/C=C/C1(CCc2ccc(O)c(CO)c2)OC2=C(O1)C(C)OC2=O. The summed E-state index contributed by atoms with van der Waals surface area (Å²) in [4.78, 5) is 11.9. The molecule has 0 aromatic heterocycles. The zero-order valence-corrected chi connectivity index (χ0v) is 14.3. The normalized spacial score (nSPS) is 24.1. The Morgan fingerprint density at radius 2 is 2.08 bits per heavy atom. The Labute approximate surface area is 153 Å². The van der Waals surface area contributed by atoms with Crippen molar-refractivity contribution in [2.24, 2.45) is 0 Å². The van der Waals surface area contributed by atoms with E-state index in [1.165, 1.54) is 0 Å². The highest BCUT2D eigenvalue weighted by atomic mass is 16.8. The molecule has 2 aliphatic heterocycles. The van der Waals surface area contributed by atoms with Crippen molar-refractivity contribution < 1.29 is 29.2 Å². The molecule has 2 unspecified atom stereocenters. The number of esters is 1. The molecule has 6 heteroatoms. The van der Waals surface area contributed by atoms with Gasteiger partial charge in [-0.25, -0.2) is 4.79 Å². The van der Waals surface area contributed by atoms with Gasteiger partial charge in [0.25, 0.3) is 11.5 Å². The van der Waals surface area contributed by atoms with Crippen LogP contribution < -0.4 is 0 Å². The van der Waals surface area contributed by atoms with Gasteiger partial charge in [0.1, 0.15) is 5.75 Å². The predicted molar refractivity (Wildman–Crippen MR) is 96.0 cm³/mol. The number of ether oxygens (including phenoxy) is 3. The molecular weight excluding hydrogens is 336 g/mol. The summed E-state index contributed by atoms with van der Waals surface area (Å²) >= 11 is 0. The van der Waals surface area contributed by atoms with Crippen LogP contribution in [0.5, 0.6) is 5.75 Å². The third kappa shape index (κ3) is 3.70. The highest BCUT2D eigenvalue weighted by Crippen LogP contribution is 2.41. The standard InChI is InChI=1S/C19H22O6.CH4/c1-3-4-8-19(24-16-12(2)23-18(22)17(16)25-19)9-7-13-5-6-15(21)14(10-13)11-20;/h4-6,8,10,12,20-21H,3,7,9,11H2,1-2H3;1H4/b8-4+;. The second-order valence-electron chi connectivity index (χ2n) is 6.19. The van der Waals surface area contributed by atoms with E-state index in [4.69, 9.17) is 14.2 Å². The van der Waals surface area contributed by atoms with Gasteiger partial charge in [-0.2, -0.15) is 0 Å². The van der Waals surface area contributed by atoms with Crippen LogP contribution in [-0.2, 0) is 32.0 Å². The summed E-state index contributed by atoms with van der Waals surface area (Å²) in [6.45, 7) is 3.52. The maximum atomic E-state index is 11.9. The minimum atomic E-state index is -1.04. The first kappa shape index (κ1) is 19.8. The van der Waals surface area contributed by atoms with Gasteiger partial charge < -0.3 is 24.4 Å². The van der Waals surface area contributed by atoms with Crippen molar-refractivity contribution in [1.82, 2.24) is 0 Å². The van der Waals surface area contributed by atoms with Crippen molar-refractivity contribution in [2.75, 3.05) is 0 Å². The van der Waals surface area contributed by atoms with Crippen LogP contribution in [0.1, 0.15) is 45.2 Å². The molecule has 0 spiro atoms. The van der Waals surface area contributed by atoms with Gasteiger partial charge in [0.2, 0.25) is 0 Å². The van der Waals surface area contributed by atoms with E-state index < -0.39 is 17.9 Å². The molecule has 2 heterocycles. The van der Waals surface area contributed by atoms with Crippen molar-refractivity contribution in [3.63, 3.8) is 0 Å². The van der Waals surface area contributed by atoms with Crippen molar-refractivity contribution in [2.45, 2.75) is 59.0 Å². The molecule has 0 bridgehead atoms. The number of rotatable bonds is 6. The Morgan fingerprint density at radius 3 is 2.73 bits per heavy atom. The van der Waals surface area contributed by atoms with Gasteiger partial charge in [0, 0.05) is 12.0 Å². The first-order valence-corrected chi connectivity index (χ1v) is 8.40. The van der Waals surface area contributed by atoms with Crippen LogP contribution in [0, 0.1) is 0 Å². The largest absolute Gasteiger partial charge is 0.508 e. The molecule has 0 aliphatic carbocycles. The topological polar surface area (TPSA) is 85.2 Å². The van der Waals surface area contributed by atoms with Crippen molar-refractivity contribution in [3.8, 4) is 5.75 Å². The number of benzene rings is 1. The Bertz CT molecular complexity index is 736. The molecule has 3 rings (SSSR count). The molecule has 142 valence electrons. The van der Waals surface area contributed by atoms with Gasteiger partial charge in [-0.3, -0.25) is 0 Å². The van der Waals surface area contributed by atoms with Gasteiger partial charge >= 0.3 is 5.97 Å². The maximum Gasteiger partial charge on any atom is 0.378 e. The molecule has 0 fully saturated rings. The number of aryl methyl sites for hydroxylation is 1. The van der Waals surface area contributed by atoms with E-state index in [1.54, 1.807) is 25.1 Å². The second-order valence-corrected chi connectivity index (χ2v) is 6.19. The Morgan fingerprint density at radius 1 is 1.31 bits per heavy atom. The van der Waals surface area contributed by atoms with E-state index in [0.29, 0.717) is 24.2 Å². The molecule has 0 saturated heterocycles. The summed E-state index contributed by atoms with van der Waals surface area (Å²) in [7, 11) is 0. The zero-order valence-electron chi connectivity index (χ0n) is 14.3. The lowest BCUT2D eigenvalue weighted by Crippen LogP contribution is -2.32. The molecular formula is C20H26O6. The number of carbonyl (C=O) groups is 1. The Balaban J connectivity index is 0.00000243. The number of hydrogen-bond donors (Lipinski definition) is 2. The lowest BCUT2D eigenvalue weighted by Gasteiger charge is -2.27. The summed E-state index contributed by atoms with van der Waals surface area (Å²) in [5, 5.41) is 18.9. The number of cyclic esters (lactones) is 1. The van der Waals surface area contributed by atoms with Crippen LogP contribution in [0.25, 0.3) is 0 Å². The van der Waals surface area contributed by atoms with Crippen LogP contribution >= 0.6 is 0 Å². The van der Waals surface area contributed by atoms with Crippen molar-refractivity contribution >= 4 is 5.97 Å². The van der Waals surface area contributed by atoms with E-state index in [2.05, 4.69) is 0 Å². The fourth-order valence-corrected chi connectivity index (χ4v) is 2.94. The van der Waals surface area contributed by atoms with E-state index in [9.17, 15) is 15.0 Å². The van der Waals surface area contributed by atoms with E-state index >= 15 is 0 Å². The molecule has 0 amide bonds. The molecule has 2 N–H and O–H groups in total. The number of allylic oxidation sites excluding steroid dienone is 1. The first-order valence-electron chi connectivity index (χ1n) is 8.40. The third-order valence-electron chi connectivity index (χ3n) is 4.30. The molecule has 26 heavy (non-hydrogen) atoms. The van der Waals surface area contributed by atoms with Crippen LogP contribution in [-0.4, -0.2) is 28.1 Å². The van der Waals surface area contributed by atoms with E-state index in [0.717, 1.165) is 12.0 Å². The molecule has 2 atom stereocenters. The molecule has 0 radical (unpaired) electrons. The average Bonchev–Trinajstić information content (AvgIpc) is 3.10. The quantitative estimate of drug-likeness (QED) is 0.596. The van der Waals surface area contributed by atoms with Crippen molar-refractivity contribution in [3.05, 3.63) is 53.0 Å². The van der Waals surface area contributed by atoms with Gasteiger partial charge in [0.05, 0.1) is 6.61 Å². The van der Waals surface area contributed by atoms with Crippen molar-refractivity contribution in [1.29, 1.82) is 0 Å². The Kier molecular flexibility index (Phi) is 5.97. The summed E-state index contributed by atoms with van der Waals surface area (Å²) in [5.74, 6) is -0.882. The highest BCUT2D eigenvalue weighted by Gasteiger charge is 2.49. The van der Waals surface area contributed by atoms with Gasteiger partial charge in [-0.05, 0) is 43.5 Å². The number of hydrogen-bond acceptors (Lipinski definition) is 6. The number of aliphatic hydroxyl groups excluding tert-OH is 1. The summed E-state index contributed by atoms with van der Waals surface area (Å²) in [6.07, 6.45) is 5.20. The van der Waals surface area contributed by atoms with E-state index in [1.807, 2.05) is 19.1 Å². The second kappa shape index (κ2) is 7.83. The minimum absolute atomic E-state index is 0. The molecule has 1 aromatic rings. The van der Waals surface area contributed by atoms with E-state index in [-0.39, 0.29) is 25.5 Å². The maximum absolute atomic E-state index is 11.9. The molecule has 1 aromatic carbocycles. The van der Waals surface area contributed by atoms with Gasteiger partial charge in [-0.1, -0.05) is 26.5 Å². The highest BCUT2D eigenvalue weighted by molar-refractivity contribution is 5.90. The third-order valence-corrected chi connectivity index (χ3v) is 4.30. The molecule has 6 nitrogen and oxygen atoms in total. The molecule has 2 aliphatic rings. The Hall–Kier alpha value is -2.47. The minimum Gasteiger partial charge on any atom is -0.508 e. The first-order chi connectivity index (χ1) is 12.0. The number of carbonyl (C=O) groups excluding carboxylic acids is 1. The summed E-state index contributed by atoms with van der Waals surface area (Å²) in [6, 6.07) is 5.10. The van der Waals surface area contributed by atoms with Crippen LogP contribution in [0.4, 0.5) is 0 Å². The fourth-order valence-electron chi connectivity index (χ4n) is 2.94. The average molecular weight is 362 g/mol. The summed E-state index contributed by atoms with van der Waals surface area (Å²) < 4.78 is 16.9. The lowest BCUT2D eigenvalue weighted by molar-refractivity contribution is -0.167. The predicted octanol–water partition coefficient (Wildman–Crippen LogP) is 3.32. The smallest absolute Gasteiger partial charge is 0.378 e. The number of aliphatic hydroxyl groups is 1. The van der Waals surface area contributed by atoms with Crippen LogP contribution in [0.15, 0.2) is 41.9 Å². The van der Waals surface area contributed by atoms with Gasteiger partial charge in [-0.15, -0.1) is 0 Å². The monoisotopic (exact) mass is 362 g/mol. The zero-order chi connectivity index (χ0) is 18.0. The van der Waals surface area contributed by atoms with Gasteiger partial charge in [0.15, 0.2) is 11.9 Å². The summed E-state index contributed by atoms with van der Waals surface area (Å²) in [5.41, 5.74) is 1.41. The number of aromatic hydroxyl groups is 1. The van der Waals surface area contributed by atoms with Crippen LogP contribution in [0.2, 0.25) is 0 Å². The lowest BCUT2D eigenvalue weighted by atomic mass is 10.0. The fraction of sp³-hybridized carbons (Fsp3) is 0.450. The molecule has 0 saturated carbocycles.